The Balaban J connectivity index is 0.00000144. The van der Waals surface area contributed by atoms with Gasteiger partial charge in [-0.2, -0.15) is 0 Å². The van der Waals surface area contributed by atoms with Crippen molar-refractivity contribution in [3.8, 4) is 0 Å². The van der Waals surface area contributed by atoms with E-state index < -0.39 is 0 Å². The van der Waals surface area contributed by atoms with Crippen LogP contribution < -0.4 is 5.32 Å². The Labute approximate surface area is 148 Å². The molecule has 0 aliphatic carbocycles. The van der Waals surface area contributed by atoms with Crippen LogP contribution in [-0.4, -0.2) is 36.5 Å². The first-order chi connectivity index (χ1) is 10.2. The average Bonchev–Trinajstić information content (AvgIpc) is 2.94. The summed E-state index contributed by atoms with van der Waals surface area (Å²) in [6.07, 6.45) is 2.45. The number of hydrogen-bond donors (Lipinski definition) is 1. The fourth-order valence-electron chi connectivity index (χ4n) is 3.51. The fraction of sp³-hybridized carbons (Fsp3) is 0.438. The van der Waals surface area contributed by atoms with E-state index in [4.69, 9.17) is 0 Å². The second-order valence-electron chi connectivity index (χ2n) is 5.99. The van der Waals surface area contributed by atoms with Gasteiger partial charge in [0.15, 0.2) is 0 Å². The molecule has 3 aliphatic rings. The van der Waals surface area contributed by atoms with Crippen LogP contribution in [-0.2, 0) is 0 Å². The van der Waals surface area contributed by atoms with Gasteiger partial charge in [-0.3, -0.25) is 4.79 Å². The van der Waals surface area contributed by atoms with Gasteiger partial charge in [0.2, 0.25) is 0 Å². The molecule has 1 unspecified atom stereocenters. The number of piperidine rings is 3. The number of hydrogen-bond acceptors (Lipinski definition) is 3. The first kappa shape index (κ1) is 16.2. The third-order valence-corrected chi connectivity index (χ3v) is 6.80. The summed E-state index contributed by atoms with van der Waals surface area (Å²) in [6.45, 7) is 3.42. The molecule has 1 amide bonds. The molecule has 6 heteroatoms. The Kier molecular flexibility index (Phi) is 4.78. The monoisotopic (exact) mass is 400 g/mol. The molecular weight excluding hydrogens is 384 g/mol. The molecule has 1 aromatic carbocycles. The van der Waals surface area contributed by atoms with E-state index in [1.54, 1.807) is 11.3 Å². The number of nitrogens with one attached hydrogen (secondary N) is 1. The Bertz CT molecular complexity index is 697. The van der Waals surface area contributed by atoms with Gasteiger partial charge in [0.1, 0.15) is 0 Å². The van der Waals surface area contributed by atoms with Crippen molar-refractivity contribution in [1.29, 1.82) is 0 Å². The van der Waals surface area contributed by atoms with Crippen molar-refractivity contribution >= 4 is 55.7 Å². The number of amides is 1. The summed E-state index contributed by atoms with van der Waals surface area (Å²) in [4.78, 5) is 15.8. The van der Waals surface area contributed by atoms with E-state index in [9.17, 15) is 4.79 Å². The van der Waals surface area contributed by atoms with Crippen molar-refractivity contribution in [3.05, 3.63) is 33.6 Å². The molecular formula is C16H18BrClN2OS. The highest BCUT2D eigenvalue weighted by Gasteiger charge is 2.35. The van der Waals surface area contributed by atoms with E-state index in [0.29, 0.717) is 12.0 Å². The number of rotatable bonds is 2. The van der Waals surface area contributed by atoms with Crippen molar-refractivity contribution in [2.75, 3.05) is 19.6 Å². The molecule has 118 valence electrons. The lowest BCUT2D eigenvalue weighted by molar-refractivity contribution is 0.0622. The molecule has 22 heavy (non-hydrogen) atoms. The molecule has 0 radical (unpaired) electrons. The van der Waals surface area contributed by atoms with Crippen molar-refractivity contribution in [2.45, 2.75) is 18.9 Å². The fourth-order valence-corrected chi connectivity index (χ4v) is 5.10. The average molecular weight is 402 g/mol. The molecule has 3 saturated heterocycles. The van der Waals surface area contributed by atoms with E-state index in [1.807, 2.05) is 18.2 Å². The normalized spacial score (nSPS) is 26.7. The highest BCUT2D eigenvalue weighted by molar-refractivity contribution is 9.10. The lowest BCUT2D eigenvalue weighted by Crippen LogP contribution is -2.57. The van der Waals surface area contributed by atoms with Crippen molar-refractivity contribution < 1.29 is 4.79 Å². The minimum Gasteiger partial charge on any atom is -0.347 e. The first-order valence-corrected chi connectivity index (χ1v) is 9.03. The van der Waals surface area contributed by atoms with Crippen LogP contribution in [0.1, 0.15) is 22.5 Å². The van der Waals surface area contributed by atoms with Crippen LogP contribution in [0.15, 0.2) is 28.7 Å². The number of nitrogens with zero attached hydrogens (tertiary/aromatic N) is 1. The zero-order valence-electron chi connectivity index (χ0n) is 12.0. The smallest absolute Gasteiger partial charge is 0.261 e. The van der Waals surface area contributed by atoms with E-state index in [2.05, 4.69) is 32.2 Å². The van der Waals surface area contributed by atoms with Gasteiger partial charge in [-0.05, 0) is 65.3 Å². The first-order valence-electron chi connectivity index (χ1n) is 7.42. The summed E-state index contributed by atoms with van der Waals surface area (Å²) >= 11 is 5.12. The molecule has 4 heterocycles. The maximum Gasteiger partial charge on any atom is 0.261 e. The Morgan fingerprint density at radius 1 is 1.32 bits per heavy atom. The number of carbonyl (C=O) groups excluding carboxylic acids is 1. The van der Waals surface area contributed by atoms with Gasteiger partial charge < -0.3 is 10.2 Å². The van der Waals surface area contributed by atoms with Crippen molar-refractivity contribution in [3.63, 3.8) is 0 Å². The topological polar surface area (TPSA) is 32.3 Å². The van der Waals surface area contributed by atoms with Crippen LogP contribution >= 0.6 is 39.7 Å². The molecule has 2 aromatic rings. The lowest BCUT2D eigenvalue weighted by Gasteiger charge is -2.44. The third kappa shape index (κ3) is 2.92. The Hall–Kier alpha value is -0.620. The number of benzene rings is 1. The van der Waals surface area contributed by atoms with Gasteiger partial charge >= 0.3 is 0 Å². The molecule has 3 fully saturated rings. The standard InChI is InChI=1S/C16H17BrN2OS.ClH/c17-12-3-1-2-11-8-14(21-15(11)12)16(20)18-13-9-19-6-4-10(13)5-7-19;/h1-3,8,10,13H,4-7,9H2,(H,18,20);1H. The number of thiophene rings is 1. The summed E-state index contributed by atoms with van der Waals surface area (Å²) in [5, 5.41) is 4.39. The Morgan fingerprint density at radius 3 is 2.73 bits per heavy atom. The quantitative estimate of drug-likeness (QED) is 0.827. The van der Waals surface area contributed by atoms with Gasteiger partial charge in [0.25, 0.3) is 5.91 Å². The minimum atomic E-state index is 0. The summed E-state index contributed by atoms with van der Waals surface area (Å²) in [7, 11) is 0. The second kappa shape index (κ2) is 6.48. The maximum absolute atomic E-state index is 12.5. The van der Waals surface area contributed by atoms with Crippen LogP contribution in [0.3, 0.4) is 0 Å². The third-order valence-electron chi connectivity index (χ3n) is 4.69. The lowest BCUT2D eigenvalue weighted by atomic mass is 9.84. The molecule has 3 aliphatic heterocycles. The van der Waals surface area contributed by atoms with E-state index in [1.165, 1.54) is 25.9 Å². The summed E-state index contributed by atoms with van der Waals surface area (Å²) in [5.74, 6) is 0.752. The molecule has 1 atom stereocenters. The van der Waals surface area contributed by atoms with Crippen LogP contribution in [0, 0.1) is 5.92 Å². The molecule has 0 spiro atoms. The van der Waals surface area contributed by atoms with E-state index in [-0.39, 0.29) is 18.3 Å². The zero-order valence-corrected chi connectivity index (χ0v) is 15.3. The van der Waals surface area contributed by atoms with E-state index in [0.717, 1.165) is 26.0 Å². The highest BCUT2D eigenvalue weighted by atomic mass is 79.9. The van der Waals surface area contributed by atoms with Gasteiger partial charge in [-0.15, -0.1) is 23.7 Å². The molecule has 1 aromatic heterocycles. The van der Waals surface area contributed by atoms with Crippen LogP contribution in [0.25, 0.3) is 10.1 Å². The van der Waals surface area contributed by atoms with Gasteiger partial charge in [-0.1, -0.05) is 12.1 Å². The molecule has 3 nitrogen and oxygen atoms in total. The maximum atomic E-state index is 12.5. The van der Waals surface area contributed by atoms with Crippen LogP contribution in [0.4, 0.5) is 0 Å². The molecule has 1 N–H and O–H groups in total. The summed E-state index contributed by atoms with van der Waals surface area (Å²) < 4.78 is 2.21. The SMILES string of the molecule is Cl.O=C(NC1CN2CCC1CC2)c1cc2cccc(Br)c2s1. The van der Waals surface area contributed by atoms with E-state index >= 15 is 0 Å². The summed E-state index contributed by atoms with van der Waals surface area (Å²) in [5.41, 5.74) is 0. The number of carbonyl (C=O) groups is 1. The zero-order chi connectivity index (χ0) is 14.4. The molecule has 2 bridgehead atoms. The van der Waals surface area contributed by atoms with Gasteiger partial charge in [-0.25, -0.2) is 0 Å². The number of fused-ring (bicyclic) bond motifs is 4. The van der Waals surface area contributed by atoms with Crippen molar-refractivity contribution in [1.82, 2.24) is 10.2 Å². The molecule has 5 rings (SSSR count). The Morgan fingerprint density at radius 2 is 2.09 bits per heavy atom. The summed E-state index contributed by atoms with van der Waals surface area (Å²) in [6, 6.07) is 8.42. The molecule has 0 saturated carbocycles. The number of halogens is 2. The van der Waals surface area contributed by atoms with Gasteiger partial charge in [0.05, 0.1) is 4.88 Å². The minimum absolute atomic E-state index is 0. The van der Waals surface area contributed by atoms with Gasteiger partial charge in [0, 0.05) is 21.8 Å². The largest absolute Gasteiger partial charge is 0.347 e. The highest BCUT2D eigenvalue weighted by Crippen LogP contribution is 2.33. The predicted octanol–water partition coefficient (Wildman–Crippen LogP) is 3.91. The van der Waals surface area contributed by atoms with Crippen LogP contribution in [0.5, 0.6) is 0 Å². The van der Waals surface area contributed by atoms with Crippen LogP contribution in [0.2, 0.25) is 0 Å². The second-order valence-corrected chi connectivity index (χ2v) is 7.89. The van der Waals surface area contributed by atoms with Crippen molar-refractivity contribution in [2.24, 2.45) is 5.92 Å². The predicted molar refractivity (Wildman–Crippen MR) is 97.2 cm³/mol.